The van der Waals surface area contributed by atoms with E-state index >= 15 is 0 Å². The van der Waals surface area contributed by atoms with E-state index in [0.29, 0.717) is 0 Å². The molecule has 50 valence electrons. The maximum Gasteiger partial charge on any atom is 0.307 e. The molecule has 3 nitrogen and oxygen atoms in total. The van der Waals surface area contributed by atoms with E-state index in [1.54, 1.807) is 0 Å². The van der Waals surface area contributed by atoms with Crippen molar-refractivity contribution in [3.63, 3.8) is 0 Å². The number of hydrogen-bond donors (Lipinski definition) is 0. The Morgan fingerprint density at radius 1 is 1.67 bits per heavy atom. The molecular weight excluding hydrogens is 120 g/mol. The zero-order valence-corrected chi connectivity index (χ0v) is 5.16. The predicted molar refractivity (Wildman–Crippen MR) is 31.6 cm³/mol. The molecule has 9 heavy (non-hydrogen) atoms. The van der Waals surface area contributed by atoms with Gasteiger partial charge in [-0.25, -0.2) is 0 Å². The standard InChI is InChI=1S/C6H8O3/c1-6(8)9-5-3-2-4-7/h3-5H,2H2,1H3. The van der Waals surface area contributed by atoms with Crippen LogP contribution in [0, 0.1) is 0 Å². The second-order valence-corrected chi connectivity index (χ2v) is 1.38. The SMILES string of the molecule is CC(=O)OC=CCC=O. The number of carbonyl (C=O) groups is 2. The third-order valence-corrected chi connectivity index (χ3v) is 0.563. The molecule has 0 heterocycles. The van der Waals surface area contributed by atoms with Crippen molar-refractivity contribution in [3.8, 4) is 0 Å². The van der Waals surface area contributed by atoms with Crippen LogP contribution in [-0.4, -0.2) is 12.3 Å². The van der Waals surface area contributed by atoms with Gasteiger partial charge in [-0.05, 0) is 6.08 Å². The number of ether oxygens (including phenoxy) is 1. The fourth-order valence-corrected chi connectivity index (χ4v) is 0.255. The lowest BCUT2D eigenvalue weighted by atomic mass is 10.5. The van der Waals surface area contributed by atoms with Crippen molar-refractivity contribution in [2.24, 2.45) is 0 Å². The van der Waals surface area contributed by atoms with Gasteiger partial charge in [0.25, 0.3) is 0 Å². The Morgan fingerprint density at radius 3 is 2.78 bits per heavy atom. The topological polar surface area (TPSA) is 43.4 Å². The van der Waals surface area contributed by atoms with E-state index < -0.39 is 0 Å². The van der Waals surface area contributed by atoms with Gasteiger partial charge in [0, 0.05) is 13.3 Å². The third-order valence-electron chi connectivity index (χ3n) is 0.563. The van der Waals surface area contributed by atoms with E-state index in [-0.39, 0.29) is 12.4 Å². The van der Waals surface area contributed by atoms with Crippen molar-refractivity contribution in [1.82, 2.24) is 0 Å². The minimum Gasteiger partial charge on any atom is -0.435 e. The zero-order valence-electron chi connectivity index (χ0n) is 5.16. The fourth-order valence-electron chi connectivity index (χ4n) is 0.255. The maximum absolute atomic E-state index is 10.0. The Hall–Kier alpha value is -1.12. The quantitative estimate of drug-likeness (QED) is 0.318. The number of allylic oxidation sites excluding steroid dienone is 1. The van der Waals surface area contributed by atoms with Crippen molar-refractivity contribution >= 4 is 12.3 Å². The first-order chi connectivity index (χ1) is 4.27. The van der Waals surface area contributed by atoms with Gasteiger partial charge in [-0.3, -0.25) is 4.79 Å². The van der Waals surface area contributed by atoms with E-state index in [1.807, 2.05) is 0 Å². The molecule has 0 N–H and O–H groups in total. The van der Waals surface area contributed by atoms with Crippen LogP contribution in [0.5, 0.6) is 0 Å². The highest BCUT2D eigenvalue weighted by atomic mass is 16.5. The Kier molecular flexibility index (Phi) is 4.40. The molecule has 0 spiro atoms. The van der Waals surface area contributed by atoms with Crippen molar-refractivity contribution in [1.29, 1.82) is 0 Å². The molecule has 0 saturated heterocycles. The maximum atomic E-state index is 10.0. The average Bonchev–Trinajstić information content (AvgIpc) is 1.80. The van der Waals surface area contributed by atoms with Gasteiger partial charge in [0.1, 0.15) is 6.29 Å². The van der Waals surface area contributed by atoms with Crippen LogP contribution in [0.4, 0.5) is 0 Å². The van der Waals surface area contributed by atoms with Gasteiger partial charge in [0.15, 0.2) is 0 Å². The summed E-state index contributed by atoms with van der Waals surface area (Å²) < 4.78 is 4.37. The van der Waals surface area contributed by atoms with E-state index in [9.17, 15) is 9.59 Å². The summed E-state index contributed by atoms with van der Waals surface area (Å²) in [5.41, 5.74) is 0. The molecule has 0 saturated carbocycles. The normalized spacial score (nSPS) is 9.44. The van der Waals surface area contributed by atoms with Crippen LogP contribution in [0.15, 0.2) is 12.3 Å². The number of rotatable bonds is 3. The van der Waals surface area contributed by atoms with Gasteiger partial charge >= 0.3 is 5.97 Å². The smallest absolute Gasteiger partial charge is 0.307 e. The Bertz CT molecular complexity index is 126. The van der Waals surface area contributed by atoms with Crippen LogP contribution in [0.3, 0.4) is 0 Å². The molecule has 0 atom stereocenters. The molecule has 0 rings (SSSR count). The molecule has 0 aliphatic rings. The first-order valence-electron chi connectivity index (χ1n) is 2.53. The molecule has 0 aliphatic carbocycles. The van der Waals surface area contributed by atoms with E-state index in [4.69, 9.17) is 0 Å². The van der Waals surface area contributed by atoms with Gasteiger partial charge in [-0.2, -0.15) is 0 Å². The lowest BCUT2D eigenvalue weighted by Crippen LogP contribution is -1.89. The predicted octanol–water partition coefficient (Wildman–Crippen LogP) is 0.652. The van der Waals surface area contributed by atoms with Gasteiger partial charge in [0.05, 0.1) is 6.26 Å². The first kappa shape index (κ1) is 7.88. The first-order valence-corrected chi connectivity index (χ1v) is 2.53. The summed E-state index contributed by atoms with van der Waals surface area (Å²) >= 11 is 0. The lowest BCUT2D eigenvalue weighted by Gasteiger charge is -1.86. The Balaban J connectivity index is 3.24. The number of carbonyl (C=O) groups excluding carboxylic acids is 2. The van der Waals surface area contributed by atoms with Gasteiger partial charge in [0.2, 0.25) is 0 Å². The monoisotopic (exact) mass is 128 g/mol. The molecule has 0 aliphatic heterocycles. The minimum atomic E-state index is -0.378. The van der Waals surface area contributed by atoms with Crippen molar-refractivity contribution < 1.29 is 14.3 Å². The minimum absolute atomic E-state index is 0.285. The van der Waals surface area contributed by atoms with E-state index in [0.717, 1.165) is 6.29 Å². The number of hydrogen-bond acceptors (Lipinski definition) is 3. The summed E-state index contributed by atoms with van der Waals surface area (Å²) in [5.74, 6) is -0.378. The van der Waals surface area contributed by atoms with Crippen molar-refractivity contribution in [3.05, 3.63) is 12.3 Å². The molecule has 0 fully saturated rings. The summed E-state index contributed by atoms with van der Waals surface area (Å²) in [6, 6.07) is 0. The van der Waals surface area contributed by atoms with E-state index in [2.05, 4.69) is 4.74 Å². The molecule has 0 aromatic carbocycles. The lowest BCUT2D eigenvalue weighted by molar-refractivity contribution is -0.135. The fraction of sp³-hybridized carbons (Fsp3) is 0.333. The highest BCUT2D eigenvalue weighted by Gasteiger charge is 1.82. The highest BCUT2D eigenvalue weighted by molar-refractivity contribution is 5.66. The summed E-state index contributed by atoms with van der Waals surface area (Å²) in [7, 11) is 0. The zero-order chi connectivity index (χ0) is 7.11. The summed E-state index contributed by atoms with van der Waals surface area (Å²) in [6.45, 7) is 1.30. The van der Waals surface area contributed by atoms with Gasteiger partial charge < -0.3 is 9.53 Å². The van der Waals surface area contributed by atoms with Crippen molar-refractivity contribution in [2.75, 3.05) is 0 Å². The molecular formula is C6H8O3. The molecule has 3 heteroatoms. The second-order valence-electron chi connectivity index (χ2n) is 1.38. The number of aldehydes is 1. The second kappa shape index (κ2) is 5.03. The van der Waals surface area contributed by atoms with Crippen LogP contribution < -0.4 is 0 Å². The van der Waals surface area contributed by atoms with Gasteiger partial charge in [-0.1, -0.05) is 0 Å². The van der Waals surface area contributed by atoms with Crippen LogP contribution in [0.1, 0.15) is 13.3 Å². The third kappa shape index (κ3) is 6.88. The van der Waals surface area contributed by atoms with Crippen LogP contribution in [-0.2, 0) is 14.3 Å². The summed E-state index contributed by atoms with van der Waals surface area (Å²) in [4.78, 5) is 19.7. The number of esters is 1. The summed E-state index contributed by atoms with van der Waals surface area (Å²) in [5, 5.41) is 0. The van der Waals surface area contributed by atoms with Crippen molar-refractivity contribution in [2.45, 2.75) is 13.3 Å². The Labute approximate surface area is 53.3 Å². The van der Waals surface area contributed by atoms with Crippen LogP contribution in [0.25, 0.3) is 0 Å². The van der Waals surface area contributed by atoms with E-state index in [1.165, 1.54) is 19.3 Å². The van der Waals surface area contributed by atoms with Gasteiger partial charge in [-0.15, -0.1) is 0 Å². The molecule has 0 aromatic heterocycles. The molecule has 0 amide bonds. The largest absolute Gasteiger partial charge is 0.435 e. The Morgan fingerprint density at radius 2 is 2.33 bits per heavy atom. The van der Waals surface area contributed by atoms with Crippen LogP contribution in [0.2, 0.25) is 0 Å². The molecule has 0 unspecified atom stereocenters. The summed E-state index contributed by atoms with van der Waals surface area (Å²) in [6.07, 6.45) is 3.68. The average molecular weight is 128 g/mol. The highest BCUT2D eigenvalue weighted by Crippen LogP contribution is 1.80. The molecule has 0 radical (unpaired) electrons. The van der Waals surface area contributed by atoms with Crippen LogP contribution >= 0.6 is 0 Å². The molecule has 0 bridgehead atoms. The molecule has 0 aromatic rings.